The van der Waals surface area contributed by atoms with E-state index in [0.29, 0.717) is 5.02 Å². The van der Waals surface area contributed by atoms with Crippen molar-refractivity contribution in [3.8, 4) is 0 Å². The summed E-state index contributed by atoms with van der Waals surface area (Å²) in [6.45, 7) is 2.00. The van der Waals surface area contributed by atoms with Gasteiger partial charge in [0, 0.05) is 30.6 Å². The second-order valence-corrected chi connectivity index (χ2v) is 7.05. The van der Waals surface area contributed by atoms with E-state index in [4.69, 9.17) is 16.6 Å². The number of halogens is 1. The van der Waals surface area contributed by atoms with Crippen LogP contribution in [0.1, 0.15) is 17.8 Å². The number of nitrogens with zero attached hydrogens (tertiary/aromatic N) is 5. The fraction of sp³-hybridized carbons (Fsp3) is 0.250. The van der Waals surface area contributed by atoms with E-state index < -0.39 is 0 Å². The highest BCUT2D eigenvalue weighted by atomic mass is 35.5. The van der Waals surface area contributed by atoms with Gasteiger partial charge in [-0.25, -0.2) is 14.5 Å². The summed E-state index contributed by atoms with van der Waals surface area (Å²) in [5.74, 6) is 0.835. The highest BCUT2D eigenvalue weighted by Crippen LogP contribution is 2.27. The first-order valence-electron chi connectivity index (χ1n) is 8.91. The molecule has 0 saturated carbocycles. The monoisotopic (exact) mass is 363 g/mol. The van der Waals surface area contributed by atoms with Crippen LogP contribution in [0.25, 0.3) is 16.6 Å². The molecule has 0 unspecified atom stereocenters. The molecule has 4 aromatic rings. The molecule has 6 heteroatoms. The minimum Gasteiger partial charge on any atom is -0.371 e. The molecule has 130 valence electrons. The number of aryl methyl sites for hydroxylation is 1. The van der Waals surface area contributed by atoms with Crippen LogP contribution in [0.2, 0.25) is 5.02 Å². The standard InChI is InChI=1S/C20H18ClN5/c21-16-8-3-7-15-19(16)22-13-26-20(15)23-18(24-26)10-12-25-11-4-6-14-5-1-2-9-17(14)25/h1-3,5,7-9,13H,4,6,10-12H2. The van der Waals surface area contributed by atoms with Gasteiger partial charge < -0.3 is 4.90 Å². The Hall–Kier alpha value is -2.66. The van der Waals surface area contributed by atoms with Crippen LogP contribution >= 0.6 is 11.6 Å². The number of hydrogen-bond donors (Lipinski definition) is 0. The van der Waals surface area contributed by atoms with Crippen molar-refractivity contribution in [1.29, 1.82) is 0 Å². The first-order chi connectivity index (χ1) is 12.8. The molecule has 0 bridgehead atoms. The molecule has 0 saturated heterocycles. The van der Waals surface area contributed by atoms with Crippen LogP contribution in [0.15, 0.2) is 48.8 Å². The van der Waals surface area contributed by atoms with Crippen LogP contribution in [-0.4, -0.2) is 32.7 Å². The highest BCUT2D eigenvalue weighted by Gasteiger charge is 2.17. The maximum absolute atomic E-state index is 6.25. The van der Waals surface area contributed by atoms with E-state index in [-0.39, 0.29) is 0 Å². The van der Waals surface area contributed by atoms with Crippen molar-refractivity contribution in [2.24, 2.45) is 0 Å². The van der Waals surface area contributed by atoms with E-state index in [9.17, 15) is 0 Å². The number of anilines is 1. The normalized spacial score (nSPS) is 14.1. The van der Waals surface area contributed by atoms with Gasteiger partial charge in [-0.3, -0.25) is 0 Å². The predicted molar refractivity (Wildman–Crippen MR) is 104 cm³/mol. The van der Waals surface area contributed by atoms with Gasteiger partial charge in [0.05, 0.1) is 10.5 Å². The van der Waals surface area contributed by atoms with Crippen molar-refractivity contribution >= 4 is 33.8 Å². The molecule has 5 rings (SSSR count). The fourth-order valence-corrected chi connectivity index (χ4v) is 3.98. The van der Waals surface area contributed by atoms with Gasteiger partial charge in [0.2, 0.25) is 0 Å². The van der Waals surface area contributed by atoms with E-state index in [1.165, 1.54) is 17.7 Å². The number of para-hydroxylation sites is 2. The summed E-state index contributed by atoms with van der Waals surface area (Å²) < 4.78 is 1.75. The SMILES string of the molecule is Clc1cccc2c1ncn1nc(CCN3CCCc4ccccc43)nc21. The zero-order chi connectivity index (χ0) is 17.5. The zero-order valence-corrected chi connectivity index (χ0v) is 15.0. The molecule has 0 amide bonds. The Morgan fingerprint density at radius 3 is 2.96 bits per heavy atom. The number of aromatic nitrogens is 4. The topological polar surface area (TPSA) is 46.3 Å². The average molecular weight is 364 g/mol. The summed E-state index contributed by atoms with van der Waals surface area (Å²) in [5.41, 5.74) is 4.37. The molecule has 2 aromatic heterocycles. The lowest BCUT2D eigenvalue weighted by Crippen LogP contribution is -2.31. The summed E-state index contributed by atoms with van der Waals surface area (Å²) in [6, 6.07) is 14.4. The number of rotatable bonds is 3. The lowest BCUT2D eigenvalue weighted by atomic mass is 10.0. The Morgan fingerprint density at radius 1 is 1.08 bits per heavy atom. The molecule has 0 spiro atoms. The molecule has 0 atom stereocenters. The second kappa shape index (κ2) is 6.25. The van der Waals surface area contributed by atoms with Gasteiger partial charge in [-0.05, 0) is 36.6 Å². The third kappa shape index (κ3) is 2.59. The molecule has 0 radical (unpaired) electrons. The van der Waals surface area contributed by atoms with Gasteiger partial charge in [-0.15, -0.1) is 5.10 Å². The first-order valence-corrected chi connectivity index (χ1v) is 9.29. The number of fused-ring (bicyclic) bond motifs is 4. The molecule has 1 aliphatic rings. The molecule has 0 fully saturated rings. The molecular weight excluding hydrogens is 346 g/mol. The molecule has 1 aliphatic heterocycles. The van der Waals surface area contributed by atoms with E-state index >= 15 is 0 Å². The Morgan fingerprint density at radius 2 is 2.00 bits per heavy atom. The second-order valence-electron chi connectivity index (χ2n) is 6.65. The third-order valence-electron chi connectivity index (χ3n) is 5.01. The van der Waals surface area contributed by atoms with Gasteiger partial charge >= 0.3 is 0 Å². The van der Waals surface area contributed by atoms with Crippen molar-refractivity contribution in [2.75, 3.05) is 18.0 Å². The summed E-state index contributed by atoms with van der Waals surface area (Å²) in [6.07, 6.45) is 4.86. The van der Waals surface area contributed by atoms with Crippen LogP contribution in [0.3, 0.4) is 0 Å². The number of benzene rings is 2. The van der Waals surface area contributed by atoms with E-state index in [1.54, 1.807) is 10.8 Å². The largest absolute Gasteiger partial charge is 0.371 e. The summed E-state index contributed by atoms with van der Waals surface area (Å²) in [7, 11) is 0. The molecule has 5 nitrogen and oxygen atoms in total. The molecule has 0 aliphatic carbocycles. The summed E-state index contributed by atoms with van der Waals surface area (Å²) in [4.78, 5) is 11.6. The fourth-order valence-electron chi connectivity index (χ4n) is 3.76. The smallest absolute Gasteiger partial charge is 0.166 e. The average Bonchev–Trinajstić information content (AvgIpc) is 3.10. The quantitative estimate of drug-likeness (QED) is 0.553. The Balaban J connectivity index is 1.44. The minimum atomic E-state index is 0.638. The minimum absolute atomic E-state index is 0.638. The lowest BCUT2D eigenvalue weighted by molar-refractivity contribution is 0.677. The van der Waals surface area contributed by atoms with Gasteiger partial charge in [-0.2, -0.15) is 0 Å². The van der Waals surface area contributed by atoms with Gasteiger partial charge in [0.25, 0.3) is 0 Å². The van der Waals surface area contributed by atoms with Crippen LogP contribution in [0.4, 0.5) is 5.69 Å². The van der Waals surface area contributed by atoms with Crippen LogP contribution in [-0.2, 0) is 12.8 Å². The molecule has 0 N–H and O–H groups in total. The lowest BCUT2D eigenvalue weighted by Gasteiger charge is -2.30. The van der Waals surface area contributed by atoms with Gasteiger partial charge in [0.1, 0.15) is 6.33 Å². The zero-order valence-electron chi connectivity index (χ0n) is 14.3. The number of hydrogen-bond acceptors (Lipinski definition) is 4. The molecular formula is C20H18ClN5. The van der Waals surface area contributed by atoms with Crippen LogP contribution in [0, 0.1) is 0 Å². The van der Waals surface area contributed by atoms with Crippen molar-refractivity contribution in [2.45, 2.75) is 19.3 Å². The Labute approximate surface area is 156 Å². The van der Waals surface area contributed by atoms with E-state index in [1.807, 2.05) is 18.2 Å². The maximum Gasteiger partial charge on any atom is 0.166 e. The molecule has 26 heavy (non-hydrogen) atoms. The van der Waals surface area contributed by atoms with E-state index in [2.05, 4.69) is 39.2 Å². The highest BCUT2D eigenvalue weighted by molar-refractivity contribution is 6.35. The summed E-state index contributed by atoms with van der Waals surface area (Å²) in [5, 5.41) is 6.18. The van der Waals surface area contributed by atoms with Gasteiger partial charge in [0.15, 0.2) is 11.5 Å². The van der Waals surface area contributed by atoms with Crippen molar-refractivity contribution in [3.63, 3.8) is 0 Å². The van der Waals surface area contributed by atoms with Crippen LogP contribution in [0.5, 0.6) is 0 Å². The predicted octanol–water partition coefficient (Wildman–Crippen LogP) is 3.93. The third-order valence-corrected chi connectivity index (χ3v) is 5.32. The van der Waals surface area contributed by atoms with Crippen molar-refractivity contribution < 1.29 is 0 Å². The summed E-state index contributed by atoms with van der Waals surface area (Å²) >= 11 is 6.25. The first kappa shape index (κ1) is 15.6. The molecule has 2 aromatic carbocycles. The molecule has 3 heterocycles. The Kier molecular flexibility index (Phi) is 3.75. The van der Waals surface area contributed by atoms with Crippen molar-refractivity contribution in [1.82, 2.24) is 19.6 Å². The Bertz CT molecular complexity index is 1100. The van der Waals surface area contributed by atoms with Crippen molar-refractivity contribution in [3.05, 3.63) is 65.2 Å². The van der Waals surface area contributed by atoms with Crippen LogP contribution < -0.4 is 4.90 Å². The van der Waals surface area contributed by atoms with E-state index in [0.717, 1.165) is 48.3 Å². The maximum atomic E-state index is 6.25. The van der Waals surface area contributed by atoms with Gasteiger partial charge in [-0.1, -0.05) is 35.9 Å².